The average molecular weight is 397 g/mol. The molecule has 0 spiro atoms. The van der Waals surface area contributed by atoms with Gasteiger partial charge in [-0.15, -0.1) is 19.7 Å². The first-order valence-corrected chi connectivity index (χ1v) is 8.84. The number of unbranched alkanes of at least 4 members (excludes halogenated alkanes) is 1. The molecule has 0 saturated heterocycles. The molecule has 10 nitrogen and oxygen atoms in total. The zero-order chi connectivity index (χ0) is 20.8. The third-order valence-electron chi connectivity index (χ3n) is 3.51. The third kappa shape index (κ3) is 7.24. The van der Waals surface area contributed by atoms with Crippen LogP contribution in [0.2, 0.25) is 0 Å². The summed E-state index contributed by atoms with van der Waals surface area (Å²) in [6, 6.07) is 0. The topological polar surface area (TPSA) is 103 Å². The molecule has 0 saturated carbocycles. The zero-order valence-corrected chi connectivity index (χ0v) is 15.9. The summed E-state index contributed by atoms with van der Waals surface area (Å²) >= 11 is 0. The van der Waals surface area contributed by atoms with Crippen LogP contribution < -0.4 is 17.1 Å². The molecule has 0 amide bonds. The Balaban J connectivity index is 3.06. The second kappa shape index (κ2) is 13.6. The summed E-state index contributed by atoms with van der Waals surface area (Å²) in [4.78, 5) is 57.1. The first-order chi connectivity index (χ1) is 13.6. The van der Waals surface area contributed by atoms with Crippen molar-refractivity contribution in [1.82, 2.24) is 13.7 Å². The van der Waals surface area contributed by atoms with Crippen molar-refractivity contribution in [2.75, 3.05) is 26.4 Å². The number of hydrogen-bond donors (Lipinski definition) is 0. The molecule has 0 unspecified atom stereocenters. The van der Waals surface area contributed by atoms with Crippen LogP contribution in [0, 0.1) is 0 Å². The van der Waals surface area contributed by atoms with Gasteiger partial charge in [0.1, 0.15) is 26.4 Å². The van der Waals surface area contributed by atoms with Gasteiger partial charge in [-0.3, -0.25) is 0 Å². The number of allylic oxidation sites excluding steroid dienone is 1. The van der Waals surface area contributed by atoms with Crippen LogP contribution in [0.1, 0.15) is 12.8 Å². The van der Waals surface area contributed by atoms with E-state index in [-0.39, 0.29) is 46.1 Å². The Morgan fingerprint density at radius 3 is 1.46 bits per heavy atom. The smallest absolute Gasteiger partial charge is 0.247 e. The van der Waals surface area contributed by atoms with Gasteiger partial charge in [-0.2, -0.15) is 0 Å². The highest BCUT2D eigenvalue weighted by Gasteiger charge is 2.15. The molecule has 0 bridgehead atoms. The van der Waals surface area contributed by atoms with Gasteiger partial charge in [0.2, 0.25) is 0 Å². The molecular weight excluding hydrogens is 370 g/mol. The Kier molecular flexibility index (Phi) is 11.4. The summed E-state index contributed by atoms with van der Waals surface area (Å²) in [5.41, 5.74) is -2.16. The van der Waals surface area contributed by atoms with Crippen LogP contribution in [0.15, 0.2) is 52.3 Å². The van der Waals surface area contributed by atoms with Gasteiger partial charge in [0.15, 0.2) is 0 Å². The molecule has 1 aromatic rings. The van der Waals surface area contributed by atoms with Crippen LogP contribution >= 0.6 is 0 Å². The molecule has 0 aliphatic rings. The van der Waals surface area contributed by atoms with Gasteiger partial charge in [-0.25, -0.2) is 47.6 Å². The van der Waals surface area contributed by atoms with Crippen LogP contribution in [0.25, 0.3) is 0 Å². The van der Waals surface area contributed by atoms with Gasteiger partial charge < -0.3 is 0 Å². The fourth-order valence-electron chi connectivity index (χ4n) is 2.22. The summed E-state index contributed by atoms with van der Waals surface area (Å²) < 4.78 is 2.87. The molecule has 0 aliphatic heterocycles. The normalized spacial score (nSPS) is 10.7. The molecule has 156 valence electrons. The summed E-state index contributed by atoms with van der Waals surface area (Å²) in [6.07, 6.45) is 5.84. The van der Waals surface area contributed by atoms with Crippen LogP contribution in [0.5, 0.6) is 0 Å². The molecule has 28 heavy (non-hydrogen) atoms. The fraction of sp³-hybridized carbons (Fsp3) is 0.500. The minimum Gasteiger partial charge on any atom is -0.247 e. The second-order valence-corrected chi connectivity index (χ2v) is 5.52. The van der Waals surface area contributed by atoms with E-state index in [1.54, 1.807) is 6.08 Å². The molecule has 1 heterocycles. The van der Waals surface area contributed by atoms with Gasteiger partial charge in [-0.05, 0) is 12.8 Å². The predicted octanol–water partition coefficient (Wildman–Crippen LogP) is 0.406. The highest BCUT2D eigenvalue weighted by atomic mass is 17.2. The van der Waals surface area contributed by atoms with Crippen molar-refractivity contribution < 1.29 is 19.6 Å². The average Bonchev–Trinajstić information content (AvgIpc) is 2.68. The minimum absolute atomic E-state index is 0.0488. The van der Waals surface area contributed by atoms with Crippen molar-refractivity contribution in [2.24, 2.45) is 0 Å². The SMILES string of the molecule is C=CCCCn1c(=O)n(CCOOCC=C)c(=O)n(CCOOCC=C)c1=O. The molecule has 0 atom stereocenters. The lowest BCUT2D eigenvalue weighted by Crippen LogP contribution is -2.55. The zero-order valence-electron chi connectivity index (χ0n) is 15.9. The highest BCUT2D eigenvalue weighted by Crippen LogP contribution is 1.91. The number of aromatic nitrogens is 3. The van der Waals surface area contributed by atoms with Gasteiger partial charge >= 0.3 is 17.1 Å². The van der Waals surface area contributed by atoms with E-state index in [2.05, 4.69) is 19.7 Å². The predicted molar refractivity (Wildman–Crippen MR) is 103 cm³/mol. The van der Waals surface area contributed by atoms with E-state index >= 15 is 0 Å². The Morgan fingerprint density at radius 1 is 0.643 bits per heavy atom. The largest absolute Gasteiger partial charge is 0.336 e. The maximum absolute atomic E-state index is 12.6. The van der Waals surface area contributed by atoms with Crippen molar-refractivity contribution in [3.63, 3.8) is 0 Å². The second-order valence-electron chi connectivity index (χ2n) is 5.52. The molecule has 10 heteroatoms. The van der Waals surface area contributed by atoms with Gasteiger partial charge in [0.25, 0.3) is 0 Å². The van der Waals surface area contributed by atoms with E-state index in [1.807, 2.05) is 0 Å². The number of rotatable bonds is 16. The highest BCUT2D eigenvalue weighted by molar-refractivity contribution is 4.80. The Labute approximate surface area is 162 Å². The summed E-state index contributed by atoms with van der Waals surface area (Å²) in [6.45, 7) is 10.8. The van der Waals surface area contributed by atoms with Crippen molar-refractivity contribution >= 4 is 0 Å². The van der Waals surface area contributed by atoms with Crippen molar-refractivity contribution in [3.8, 4) is 0 Å². The molecule has 0 aliphatic carbocycles. The van der Waals surface area contributed by atoms with Crippen molar-refractivity contribution in [3.05, 3.63) is 69.4 Å². The molecule has 0 N–H and O–H groups in total. The standard InChI is InChI=1S/C18H27N3O7/c1-4-7-8-9-19-16(22)20(10-14-27-25-12-5-2)18(24)21(17(19)23)11-15-28-26-13-6-3/h4-6H,1-3,7-15H2. The van der Waals surface area contributed by atoms with E-state index in [0.717, 1.165) is 13.7 Å². The van der Waals surface area contributed by atoms with Crippen molar-refractivity contribution in [2.45, 2.75) is 32.5 Å². The Bertz CT molecular complexity index is 751. The maximum atomic E-state index is 12.6. The third-order valence-corrected chi connectivity index (χ3v) is 3.51. The van der Waals surface area contributed by atoms with Gasteiger partial charge in [0.05, 0.1) is 13.1 Å². The Hall–Kier alpha value is -2.53. The first kappa shape index (κ1) is 23.5. The molecular formula is C18H27N3O7. The van der Waals surface area contributed by atoms with E-state index in [9.17, 15) is 14.4 Å². The van der Waals surface area contributed by atoms with Gasteiger partial charge in [-0.1, -0.05) is 18.2 Å². The monoisotopic (exact) mass is 397 g/mol. The molecule has 0 fully saturated rings. The van der Waals surface area contributed by atoms with E-state index in [0.29, 0.717) is 12.8 Å². The number of nitrogens with zero attached hydrogens (tertiary/aromatic N) is 3. The quantitative estimate of drug-likeness (QED) is 0.172. The lowest BCUT2D eigenvalue weighted by Gasteiger charge is -2.13. The molecule has 0 aromatic carbocycles. The lowest BCUT2D eigenvalue weighted by atomic mass is 10.3. The Morgan fingerprint density at radius 2 is 1.07 bits per heavy atom. The van der Waals surface area contributed by atoms with E-state index < -0.39 is 17.1 Å². The van der Waals surface area contributed by atoms with Crippen LogP contribution in [-0.2, 0) is 39.2 Å². The summed E-state index contributed by atoms with van der Waals surface area (Å²) in [7, 11) is 0. The lowest BCUT2D eigenvalue weighted by molar-refractivity contribution is -0.288. The number of hydrogen-bond acceptors (Lipinski definition) is 7. The first-order valence-electron chi connectivity index (χ1n) is 8.84. The van der Waals surface area contributed by atoms with Crippen LogP contribution in [0.4, 0.5) is 0 Å². The van der Waals surface area contributed by atoms with E-state index in [4.69, 9.17) is 19.6 Å². The molecule has 1 rings (SSSR count). The van der Waals surface area contributed by atoms with E-state index in [1.165, 1.54) is 12.2 Å². The molecule has 0 radical (unpaired) electrons. The minimum atomic E-state index is -0.755. The van der Waals surface area contributed by atoms with Crippen LogP contribution in [-0.4, -0.2) is 40.1 Å². The van der Waals surface area contributed by atoms with Gasteiger partial charge in [0, 0.05) is 6.54 Å². The molecule has 1 aromatic heterocycles. The summed E-state index contributed by atoms with van der Waals surface area (Å²) in [5.74, 6) is 0. The summed E-state index contributed by atoms with van der Waals surface area (Å²) in [5, 5.41) is 0. The van der Waals surface area contributed by atoms with Crippen LogP contribution in [0.3, 0.4) is 0 Å². The fourth-order valence-corrected chi connectivity index (χ4v) is 2.22. The maximum Gasteiger partial charge on any atom is 0.336 e. The van der Waals surface area contributed by atoms with Crippen molar-refractivity contribution in [1.29, 1.82) is 0 Å².